The standard InChI is InChI=1S/C23H30N10O2/c1-12-9-17(26-13(2)25-12)28-18-10-16(19-22(29-18)31-33(4)23(19)34)27-15-8-6-7-14(20(15)35-5)21-24-11-32(3)30-21/h6-9,11,16,18-19,22,27,29,31H,10H2,1-5H3,(H,25,26,28). The smallest absolute Gasteiger partial charge is 0.244 e. The van der Waals surface area contributed by atoms with Gasteiger partial charge >= 0.3 is 0 Å². The second kappa shape index (κ2) is 9.12. The van der Waals surface area contributed by atoms with Crippen LogP contribution < -0.4 is 26.1 Å². The van der Waals surface area contributed by atoms with Crippen molar-refractivity contribution in [3.63, 3.8) is 0 Å². The number of nitrogens with one attached hydrogen (secondary N) is 4. The van der Waals surface area contributed by atoms with Crippen molar-refractivity contribution in [3.05, 3.63) is 42.1 Å². The topological polar surface area (TPSA) is 134 Å². The number of hydrazine groups is 1. The highest BCUT2D eigenvalue weighted by Gasteiger charge is 2.48. The Bertz CT molecular complexity index is 1220. The third-order valence-electron chi connectivity index (χ3n) is 6.30. The first-order valence-corrected chi connectivity index (χ1v) is 11.5. The summed E-state index contributed by atoms with van der Waals surface area (Å²) in [5, 5.41) is 16.5. The number of ether oxygens (including phenoxy) is 1. The van der Waals surface area contributed by atoms with Crippen LogP contribution in [0.25, 0.3) is 11.4 Å². The number of para-hydroxylation sites is 1. The number of aryl methyl sites for hydroxylation is 3. The third-order valence-corrected chi connectivity index (χ3v) is 6.30. The molecule has 0 bridgehead atoms. The molecule has 184 valence electrons. The zero-order chi connectivity index (χ0) is 24.7. The van der Waals surface area contributed by atoms with E-state index in [1.54, 1.807) is 30.2 Å². The Kier molecular flexibility index (Phi) is 5.99. The van der Waals surface area contributed by atoms with Gasteiger partial charge in [-0.2, -0.15) is 5.10 Å². The number of piperidine rings is 1. The minimum Gasteiger partial charge on any atom is -0.494 e. The molecular formula is C23H30N10O2. The molecule has 2 fully saturated rings. The number of hydrogen-bond acceptors (Lipinski definition) is 10. The first-order chi connectivity index (χ1) is 16.8. The van der Waals surface area contributed by atoms with Crippen LogP contribution in [0.4, 0.5) is 11.5 Å². The number of anilines is 2. The fourth-order valence-corrected chi connectivity index (χ4v) is 4.88. The summed E-state index contributed by atoms with van der Waals surface area (Å²) in [7, 11) is 5.19. The van der Waals surface area contributed by atoms with Gasteiger partial charge in [0.15, 0.2) is 11.6 Å². The molecule has 0 radical (unpaired) electrons. The number of hydrogen-bond donors (Lipinski definition) is 4. The molecule has 1 aromatic carbocycles. The van der Waals surface area contributed by atoms with E-state index in [2.05, 4.69) is 41.4 Å². The summed E-state index contributed by atoms with van der Waals surface area (Å²) in [6, 6.07) is 7.52. The van der Waals surface area contributed by atoms with Crippen molar-refractivity contribution in [1.29, 1.82) is 0 Å². The van der Waals surface area contributed by atoms with Crippen LogP contribution in [0.3, 0.4) is 0 Å². The molecule has 2 saturated heterocycles. The van der Waals surface area contributed by atoms with E-state index in [-0.39, 0.29) is 30.2 Å². The highest BCUT2D eigenvalue weighted by Crippen LogP contribution is 2.37. The molecule has 12 heteroatoms. The number of benzene rings is 1. The van der Waals surface area contributed by atoms with Crippen LogP contribution >= 0.6 is 0 Å². The molecule has 4 heterocycles. The number of methoxy groups -OCH3 is 1. The fraction of sp³-hybridized carbons (Fsp3) is 0.435. The molecule has 2 aromatic heterocycles. The predicted molar refractivity (Wildman–Crippen MR) is 130 cm³/mol. The first-order valence-electron chi connectivity index (χ1n) is 11.5. The maximum absolute atomic E-state index is 13.0. The Morgan fingerprint density at radius 3 is 2.71 bits per heavy atom. The Morgan fingerprint density at radius 2 is 2.00 bits per heavy atom. The first kappa shape index (κ1) is 23.0. The number of aromatic nitrogens is 5. The molecule has 2 aliphatic heterocycles. The molecule has 12 nitrogen and oxygen atoms in total. The monoisotopic (exact) mass is 478 g/mol. The number of nitrogens with zero attached hydrogens (tertiary/aromatic N) is 6. The lowest BCUT2D eigenvalue weighted by Crippen LogP contribution is -2.60. The van der Waals surface area contributed by atoms with Crippen molar-refractivity contribution in [2.45, 2.75) is 38.6 Å². The summed E-state index contributed by atoms with van der Waals surface area (Å²) in [5.41, 5.74) is 5.68. The number of carbonyl (C=O) groups excluding carboxylic acids is 1. The van der Waals surface area contributed by atoms with Gasteiger partial charge in [-0.3, -0.25) is 19.8 Å². The maximum atomic E-state index is 13.0. The average Bonchev–Trinajstić information content (AvgIpc) is 3.35. The van der Waals surface area contributed by atoms with Crippen LogP contribution in [0.1, 0.15) is 17.9 Å². The largest absolute Gasteiger partial charge is 0.494 e. The normalized spacial score (nSPS) is 23.8. The van der Waals surface area contributed by atoms with Crippen LogP contribution in [0.15, 0.2) is 30.6 Å². The summed E-state index contributed by atoms with van der Waals surface area (Å²) in [5.74, 6) is 2.36. The zero-order valence-corrected chi connectivity index (χ0v) is 20.4. The molecule has 0 saturated carbocycles. The van der Waals surface area contributed by atoms with Gasteiger partial charge in [0.2, 0.25) is 5.91 Å². The van der Waals surface area contributed by atoms with E-state index in [4.69, 9.17) is 4.74 Å². The fourth-order valence-electron chi connectivity index (χ4n) is 4.88. The summed E-state index contributed by atoms with van der Waals surface area (Å²) in [6.07, 6.45) is 1.89. The molecule has 0 spiro atoms. The summed E-state index contributed by atoms with van der Waals surface area (Å²) >= 11 is 0. The van der Waals surface area contributed by atoms with Crippen molar-refractivity contribution in [2.75, 3.05) is 24.8 Å². The predicted octanol–water partition coefficient (Wildman–Crippen LogP) is 1.03. The highest BCUT2D eigenvalue weighted by atomic mass is 16.5. The van der Waals surface area contributed by atoms with Gasteiger partial charge in [0, 0.05) is 38.3 Å². The van der Waals surface area contributed by atoms with E-state index in [1.807, 2.05) is 45.2 Å². The molecule has 4 unspecified atom stereocenters. The summed E-state index contributed by atoms with van der Waals surface area (Å²) in [4.78, 5) is 26.3. The van der Waals surface area contributed by atoms with E-state index in [0.29, 0.717) is 23.8 Å². The molecule has 4 N–H and O–H groups in total. The Labute approximate surface area is 203 Å². The van der Waals surface area contributed by atoms with Gasteiger partial charge in [0.05, 0.1) is 36.6 Å². The van der Waals surface area contributed by atoms with Gasteiger partial charge in [-0.1, -0.05) is 6.07 Å². The van der Waals surface area contributed by atoms with Crippen LogP contribution in [0.2, 0.25) is 0 Å². The van der Waals surface area contributed by atoms with Crippen molar-refractivity contribution in [2.24, 2.45) is 13.0 Å². The van der Waals surface area contributed by atoms with E-state index in [9.17, 15) is 4.79 Å². The minimum atomic E-state index is -0.312. The molecule has 0 aliphatic carbocycles. The highest BCUT2D eigenvalue weighted by molar-refractivity contribution is 5.83. The third kappa shape index (κ3) is 4.49. The molecule has 3 aromatic rings. The SMILES string of the molecule is COc1c(NC2CC(Nc3cc(C)nc(C)n3)NC3NN(C)C(=O)C23)cccc1-c1ncn(C)n1. The molecule has 1 amide bonds. The van der Waals surface area contributed by atoms with Crippen LogP contribution in [-0.4, -0.2) is 68.2 Å². The number of carbonyl (C=O) groups is 1. The zero-order valence-electron chi connectivity index (χ0n) is 20.4. The number of amides is 1. The Hall–Kier alpha value is -3.77. The average molecular weight is 479 g/mol. The molecule has 2 aliphatic rings. The van der Waals surface area contributed by atoms with E-state index >= 15 is 0 Å². The van der Waals surface area contributed by atoms with E-state index < -0.39 is 0 Å². The van der Waals surface area contributed by atoms with Crippen molar-refractivity contribution in [3.8, 4) is 17.1 Å². The Morgan fingerprint density at radius 1 is 1.17 bits per heavy atom. The lowest BCUT2D eigenvalue weighted by molar-refractivity contribution is -0.131. The lowest BCUT2D eigenvalue weighted by Gasteiger charge is -2.39. The van der Waals surface area contributed by atoms with Crippen LogP contribution in [-0.2, 0) is 11.8 Å². The van der Waals surface area contributed by atoms with Crippen molar-refractivity contribution >= 4 is 17.4 Å². The summed E-state index contributed by atoms with van der Waals surface area (Å²) < 4.78 is 7.43. The second-order valence-corrected chi connectivity index (χ2v) is 8.95. The molecular weight excluding hydrogens is 448 g/mol. The maximum Gasteiger partial charge on any atom is 0.244 e. The van der Waals surface area contributed by atoms with Crippen LogP contribution in [0, 0.1) is 19.8 Å². The van der Waals surface area contributed by atoms with Gasteiger partial charge in [-0.05, 0) is 26.0 Å². The van der Waals surface area contributed by atoms with Gasteiger partial charge < -0.3 is 15.4 Å². The lowest BCUT2D eigenvalue weighted by atomic mass is 9.88. The Balaban J connectivity index is 1.44. The number of rotatable bonds is 6. The van der Waals surface area contributed by atoms with Crippen molar-refractivity contribution in [1.82, 2.24) is 40.5 Å². The van der Waals surface area contributed by atoms with Gasteiger partial charge in [0.25, 0.3) is 0 Å². The molecule has 5 rings (SSSR count). The quantitative estimate of drug-likeness (QED) is 0.407. The van der Waals surface area contributed by atoms with E-state index in [0.717, 1.165) is 22.8 Å². The molecule has 35 heavy (non-hydrogen) atoms. The minimum absolute atomic E-state index is 0.0219. The van der Waals surface area contributed by atoms with Gasteiger partial charge in [-0.25, -0.2) is 20.4 Å². The van der Waals surface area contributed by atoms with E-state index in [1.165, 1.54) is 0 Å². The second-order valence-electron chi connectivity index (χ2n) is 8.95. The van der Waals surface area contributed by atoms with Gasteiger partial charge in [-0.15, -0.1) is 0 Å². The van der Waals surface area contributed by atoms with Gasteiger partial charge in [0.1, 0.15) is 18.0 Å². The number of fused-ring (bicyclic) bond motifs is 1. The summed E-state index contributed by atoms with van der Waals surface area (Å²) in [6.45, 7) is 3.81. The molecule has 4 atom stereocenters. The van der Waals surface area contributed by atoms with Crippen molar-refractivity contribution < 1.29 is 9.53 Å². The van der Waals surface area contributed by atoms with Crippen LogP contribution in [0.5, 0.6) is 5.75 Å².